The standard InChI is InChI=1S/C21H27ClN2O4S/c1-4-28-20-13-12-18(14-19(20)22)29(26,27)24-16(3)21(25)23-15(2)10-11-17-8-6-5-7-9-17/h5-9,12-16,24H,4,10-11H2,1-3H3,(H,23,25)/t15-,16+/m1/s1. The summed E-state index contributed by atoms with van der Waals surface area (Å²) in [7, 11) is -3.90. The first-order valence-corrected chi connectivity index (χ1v) is 11.4. The van der Waals surface area contributed by atoms with Crippen LogP contribution < -0.4 is 14.8 Å². The minimum Gasteiger partial charge on any atom is -0.492 e. The van der Waals surface area contributed by atoms with Gasteiger partial charge in [0.05, 0.1) is 22.6 Å². The molecule has 6 nitrogen and oxygen atoms in total. The van der Waals surface area contributed by atoms with Crippen LogP contribution in [0.2, 0.25) is 5.02 Å². The molecule has 0 fully saturated rings. The van der Waals surface area contributed by atoms with Crippen molar-refractivity contribution < 1.29 is 17.9 Å². The van der Waals surface area contributed by atoms with Crippen molar-refractivity contribution in [2.24, 2.45) is 0 Å². The fraction of sp³-hybridized carbons (Fsp3) is 0.381. The summed E-state index contributed by atoms with van der Waals surface area (Å²) in [5, 5.41) is 3.04. The molecule has 0 radical (unpaired) electrons. The van der Waals surface area contributed by atoms with Crippen molar-refractivity contribution in [3.63, 3.8) is 0 Å². The largest absolute Gasteiger partial charge is 0.492 e. The third-order valence-corrected chi connectivity index (χ3v) is 6.17. The molecule has 2 rings (SSSR count). The number of ether oxygens (including phenoxy) is 1. The van der Waals surface area contributed by atoms with Crippen molar-refractivity contribution in [2.75, 3.05) is 6.61 Å². The first-order valence-electron chi connectivity index (χ1n) is 9.52. The molecule has 0 spiro atoms. The molecule has 2 aromatic rings. The molecule has 0 saturated carbocycles. The monoisotopic (exact) mass is 438 g/mol. The Bertz CT molecular complexity index is 920. The molecule has 2 atom stereocenters. The van der Waals surface area contributed by atoms with E-state index < -0.39 is 16.1 Å². The van der Waals surface area contributed by atoms with E-state index in [4.69, 9.17) is 16.3 Å². The molecule has 1 amide bonds. The van der Waals surface area contributed by atoms with E-state index in [9.17, 15) is 13.2 Å². The van der Waals surface area contributed by atoms with E-state index >= 15 is 0 Å². The number of nitrogens with one attached hydrogen (secondary N) is 2. The van der Waals surface area contributed by atoms with Crippen LogP contribution in [0.1, 0.15) is 32.8 Å². The fourth-order valence-corrected chi connectivity index (χ4v) is 4.27. The van der Waals surface area contributed by atoms with Gasteiger partial charge in [-0.25, -0.2) is 8.42 Å². The van der Waals surface area contributed by atoms with E-state index in [-0.39, 0.29) is 21.9 Å². The molecule has 0 aliphatic carbocycles. The minimum absolute atomic E-state index is 0.0253. The van der Waals surface area contributed by atoms with E-state index in [0.29, 0.717) is 12.4 Å². The van der Waals surface area contributed by atoms with Crippen molar-refractivity contribution in [1.29, 1.82) is 0 Å². The number of sulfonamides is 1. The van der Waals surface area contributed by atoms with Gasteiger partial charge in [0.15, 0.2) is 0 Å². The number of benzene rings is 2. The smallest absolute Gasteiger partial charge is 0.241 e. The maximum absolute atomic E-state index is 12.6. The summed E-state index contributed by atoms with van der Waals surface area (Å²) in [5.74, 6) is 0.0253. The Balaban J connectivity index is 1.92. The highest BCUT2D eigenvalue weighted by molar-refractivity contribution is 7.89. The SMILES string of the molecule is CCOc1ccc(S(=O)(=O)N[C@@H](C)C(=O)N[C@H](C)CCc2ccccc2)cc1Cl. The van der Waals surface area contributed by atoms with Crippen LogP contribution in [0.3, 0.4) is 0 Å². The highest BCUT2D eigenvalue weighted by Crippen LogP contribution is 2.27. The summed E-state index contributed by atoms with van der Waals surface area (Å²) < 4.78 is 32.9. The quantitative estimate of drug-likeness (QED) is 0.594. The molecule has 158 valence electrons. The first-order chi connectivity index (χ1) is 13.7. The molecular formula is C21H27ClN2O4S. The van der Waals surface area contributed by atoms with Crippen LogP contribution in [0.25, 0.3) is 0 Å². The second kappa shape index (κ2) is 10.6. The summed E-state index contributed by atoms with van der Waals surface area (Å²) in [6.07, 6.45) is 1.58. The van der Waals surface area contributed by atoms with Crippen LogP contribution in [0.15, 0.2) is 53.4 Å². The lowest BCUT2D eigenvalue weighted by Crippen LogP contribution is -2.47. The number of amides is 1. The van der Waals surface area contributed by atoms with E-state index in [1.54, 1.807) is 0 Å². The Morgan fingerprint density at radius 1 is 1.14 bits per heavy atom. The summed E-state index contributed by atoms with van der Waals surface area (Å²) in [6.45, 7) is 5.63. The molecule has 0 heterocycles. The summed E-state index contributed by atoms with van der Waals surface area (Å²) in [5.41, 5.74) is 1.19. The zero-order valence-corrected chi connectivity index (χ0v) is 18.4. The molecule has 0 unspecified atom stereocenters. The molecule has 2 N–H and O–H groups in total. The van der Waals surface area contributed by atoms with Crippen LogP contribution in [0.4, 0.5) is 0 Å². The van der Waals surface area contributed by atoms with Crippen molar-refractivity contribution in [1.82, 2.24) is 10.0 Å². The van der Waals surface area contributed by atoms with Crippen molar-refractivity contribution >= 4 is 27.5 Å². The van der Waals surface area contributed by atoms with Crippen molar-refractivity contribution in [2.45, 2.75) is 50.6 Å². The maximum atomic E-state index is 12.6. The van der Waals surface area contributed by atoms with Gasteiger partial charge in [0.1, 0.15) is 5.75 Å². The first kappa shape index (κ1) is 23.2. The third kappa shape index (κ3) is 7.03. The number of halogens is 1. The molecule has 0 aromatic heterocycles. The summed E-state index contributed by atoms with van der Waals surface area (Å²) >= 11 is 6.07. The van der Waals surface area contributed by atoms with Crippen molar-refractivity contribution in [3.05, 3.63) is 59.1 Å². The number of hydrogen-bond acceptors (Lipinski definition) is 4. The second-order valence-corrected chi connectivity index (χ2v) is 8.92. The third-order valence-electron chi connectivity index (χ3n) is 4.34. The topological polar surface area (TPSA) is 84.5 Å². The lowest BCUT2D eigenvalue weighted by Gasteiger charge is -2.19. The van der Waals surface area contributed by atoms with Crippen LogP contribution in [-0.4, -0.2) is 33.0 Å². The molecule has 2 aromatic carbocycles. The highest BCUT2D eigenvalue weighted by atomic mass is 35.5. The lowest BCUT2D eigenvalue weighted by molar-refractivity contribution is -0.123. The van der Waals surface area contributed by atoms with Gasteiger partial charge in [0.25, 0.3) is 0 Å². The normalized spacial score (nSPS) is 13.5. The Morgan fingerprint density at radius 3 is 2.45 bits per heavy atom. The maximum Gasteiger partial charge on any atom is 0.241 e. The Hall–Kier alpha value is -2.09. The highest BCUT2D eigenvalue weighted by Gasteiger charge is 2.23. The van der Waals surface area contributed by atoms with E-state index in [0.717, 1.165) is 12.8 Å². The number of carbonyl (C=O) groups is 1. The van der Waals surface area contributed by atoms with Gasteiger partial charge in [0.2, 0.25) is 15.9 Å². The Kier molecular flexibility index (Phi) is 8.49. The number of aryl methyl sites for hydroxylation is 1. The molecule has 0 saturated heterocycles. The van der Waals surface area contributed by atoms with Crippen LogP contribution in [0.5, 0.6) is 5.75 Å². The number of carbonyl (C=O) groups excluding carboxylic acids is 1. The summed E-state index contributed by atoms with van der Waals surface area (Å²) in [6, 6.07) is 13.2. The van der Waals surface area contributed by atoms with Crippen LogP contribution in [0, 0.1) is 0 Å². The zero-order chi connectivity index (χ0) is 21.4. The average molecular weight is 439 g/mol. The Labute approximate surface area is 177 Å². The van der Waals surface area contributed by atoms with Gasteiger partial charge in [-0.2, -0.15) is 4.72 Å². The van der Waals surface area contributed by atoms with Gasteiger partial charge >= 0.3 is 0 Å². The van der Waals surface area contributed by atoms with Crippen LogP contribution in [-0.2, 0) is 21.2 Å². The van der Waals surface area contributed by atoms with E-state index in [2.05, 4.69) is 10.0 Å². The predicted octanol–water partition coefficient (Wildman–Crippen LogP) is 3.54. The van der Waals surface area contributed by atoms with Crippen LogP contribution >= 0.6 is 11.6 Å². The molecular weight excluding hydrogens is 412 g/mol. The van der Waals surface area contributed by atoms with Gasteiger partial charge in [-0.15, -0.1) is 0 Å². The Morgan fingerprint density at radius 2 is 1.83 bits per heavy atom. The molecule has 0 bridgehead atoms. The van der Waals surface area contributed by atoms with Gasteiger partial charge in [-0.05, 0) is 57.4 Å². The zero-order valence-electron chi connectivity index (χ0n) is 16.8. The van der Waals surface area contributed by atoms with Gasteiger partial charge in [0, 0.05) is 6.04 Å². The molecule has 8 heteroatoms. The lowest BCUT2D eigenvalue weighted by atomic mass is 10.1. The minimum atomic E-state index is -3.90. The average Bonchev–Trinajstić information content (AvgIpc) is 2.68. The summed E-state index contributed by atoms with van der Waals surface area (Å²) in [4.78, 5) is 12.4. The fourth-order valence-electron chi connectivity index (χ4n) is 2.74. The van der Waals surface area contributed by atoms with Gasteiger partial charge in [-0.1, -0.05) is 41.9 Å². The molecule has 29 heavy (non-hydrogen) atoms. The van der Waals surface area contributed by atoms with Crippen molar-refractivity contribution in [3.8, 4) is 5.75 Å². The molecule has 0 aliphatic rings. The number of hydrogen-bond donors (Lipinski definition) is 2. The van der Waals surface area contributed by atoms with E-state index in [1.807, 2.05) is 44.2 Å². The molecule has 0 aliphatic heterocycles. The second-order valence-electron chi connectivity index (χ2n) is 6.80. The number of rotatable bonds is 10. The van der Waals surface area contributed by atoms with Gasteiger partial charge < -0.3 is 10.1 Å². The van der Waals surface area contributed by atoms with Gasteiger partial charge in [-0.3, -0.25) is 4.79 Å². The predicted molar refractivity (Wildman–Crippen MR) is 115 cm³/mol. The van der Waals surface area contributed by atoms with E-state index in [1.165, 1.54) is 30.7 Å².